The highest BCUT2D eigenvalue weighted by molar-refractivity contribution is 5.78. The predicted molar refractivity (Wildman–Crippen MR) is 101 cm³/mol. The summed E-state index contributed by atoms with van der Waals surface area (Å²) in [5.41, 5.74) is 6.84. The Kier molecular flexibility index (Phi) is 3.72. The number of hydrogen-bond donors (Lipinski definition) is 1. The van der Waals surface area contributed by atoms with Crippen molar-refractivity contribution in [3.05, 3.63) is 77.9 Å². The van der Waals surface area contributed by atoms with Crippen LogP contribution in [0, 0.1) is 0 Å². The number of H-pyrrole nitrogens is 1. The predicted octanol–water partition coefficient (Wildman–Crippen LogP) is 3.58. The molecule has 0 saturated heterocycles. The van der Waals surface area contributed by atoms with E-state index in [0.29, 0.717) is 0 Å². The molecule has 1 aromatic carbocycles. The SMILES string of the molecule is c1ccc2nc(CCN3Cc4nccc(-c5cc[nH]n5)c4C3)ccc2c1. The molecule has 1 aliphatic heterocycles. The molecule has 0 atom stereocenters. The maximum absolute atomic E-state index is 4.79. The Hall–Kier alpha value is -3.05. The van der Waals surface area contributed by atoms with Crippen LogP contribution in [0.1, 0.15) is 17.0 Å². The average molecular weight is 341 g/mol. The summed E-state index contributed by atoms with van der Waals surface area (Å²) in [6, 6.07) is 16.6. The zero-order valence-corrected chi connectivity index (χ0v) is 14.4. The van der Waals surface area contributed by atoms with Crippen LogP contribution in [-0.2, 0) is 19.5 Å². The van der Waals surface area contributed by atoms with Crippen molar-refractivity contribution in [2.75, 3.05) is 6.54 Å². The number of aromatic amines is 1. The van der Waals surface area contributed by atoms with Gasteiger partial charge in [-0.3, -0.25) is 20.0 Å². The smallest absolute Gasteiger partial charge is 0.0925 e. The summed E-state index contributed by atoms with van der Waals surface area (Å²) in [4.78, 5) is 11.8. The molecule has 0 fully saturated rings. The summed E-state index contributed by atoms with van der Waals surface area (Å²) in [6.45, 7) is 2.78. The molecule has 3 aromatic heterocycles. The van der Waals surface area contributed by atoms with Gasteiger partial charge in [-0.25, -0.2) is 0 Å². The molecule has 1 N–H and O–H groups in total. The number of benzene rings is 1. The molecule has 0 saturated carbocycles. The lowest BCUT2D eigenvalue weighted by Gasteiger charge is -2.14. The van der Waals surface area contributed by atoms with Gasteiger partial charge in [-0.05, 0) is 29.8 Å². The van der Waals surface area contributed by atoms with Crippen LogP contribution < -0.4 is 0 Å². The molecule has 0 unspecified atom stereocenters. The highest BCUT2D eigenvalue weighted by atomic mass is 15.2. The van der Waals surface area contributed by atoms with Crippen LogP contribution in [0.5, 0.6) is 0 Å². The minimum Gasteiger partial charge on any atom is -0.293 e. The monoisotopic (exact) mass is 341 g/mol. The Morgan fingerprint density at radius 3 is 2.88 bits per heavy atom. The first-order chi connectivity index (χ1) is 12.9. The van der Waals surface area contributed by atoms with Crippen LogP contribution >= 0.6 is 0 Å². The van der Waals surface area contributed by atoms with Crippen molar-refractivity contribution in [2.24, 2.45) is 0 Å². The van der Waals surface area contributed by atoms with Gasteiger partial charge in [-0.1, -0.05) is 24.3 Å². The first-order valence-corrected chi connectivity index (χ1v) is 8.91. The van der Waals surface area contributed by atoms with Crippen molar-refractivity contribution in [1.82, 2.24) is 25.1 Å². The Morgan fingerprint density at radius 1 is 1.00 bits per heavy atom. The minimum absolute atomic E-state index is 0.890. The van der Waals surface area contributed by atoms with Gasteiger partial charge in [-0.2, -0.15) is 5.10 Å². The zero-order valence-electron chi connectivity index (χ0n) is 14.4. The number of aromatic nitrogens is 4. The maximum Gasteiger partial charge on any atom is 0.0925 e. The first-order valence-electron chi connectivity index (χ1n) is 8.91. The fourth-order valence-electron chi connectivity index (χ4n) is 3.67. The van der Waals surface area contributed by atoms with Crippen molar-refractivity contribution in [3.63, 3.8) is 0 Å². The van der Waals surface area contributed by atoms with Crippen molar-refractivity contribution in [3.8, 4) is 11.3 Å². The number of nitrogens with one attached hydrogen (secondary N) is 1. The Balaban J connectivity index is 1.32. The van der Waals surface area contributed by atoms with E-state index < -0.39 is 0 Å². The number of fused-ring (bicyclic) bond motifs is 2. The molecule has 5 rings (SSSR count). The normalized spacial score (nSPS) is 14.0. The molecule has 0 radical (unpaired) electrons. The van der Waals surface area contributed by atoms with Crippen molar-refractivity contribution >= 4 is 10.9 Å². The van der Waals surface area contributed by atoms with Gasteiger partial charge in [-0.15, -0.1) is 0 Å². The standard InChI is InChI=1S/C21H19N5/c1-2-4-19-15(3-1)5-6-16(24-19)9-12-26-13-18-17(20-8-11-23-25-20)7-10-22-21(18)14-26/h1-8,10-11H,9,12-14H2,(H,23,25). The molecule has 0 bridgehead atoms. The van der Waals surface area contributed by atoms with Gasteiger partial charge >= 0.3 is 0 Å². The van der Waals surface area contributed by atoms with Crippen LogP contribution in [0.2, 0.25) is 0 Å². The molecule has 4 heterocycles. The largest absolute Gasteiger partial charge is 0.293 e. The van der Waals surface area contributed by atoms with Gasteiger partial charge < -0.3 is 0 Å². The fourth-order valence-corrected chi connectivity index (χ4v) is 3.67. The average Bonchev–Trinajstić information content (AvgIpc) is 3.35. The Labute approximate surface area is 151 Å². The fraction of sp³-hybridized carbons (Fsp3) is 0.190. The molecule has 1 aliphatic rings. The van der Waals surface area contributed by atoms with Gasteiger partial charge in [0, 0.05) is 55.1 Å². The summed E-state index contributed by atoms with van der Waals surface area (Å²) in [5, 5.41) is 8.42. The molecule has 5 heteroatoms. The lowest BCUT2D eigenvalue weighted by molar-refractivity contribution is 0.286. The quantitative estimate of drug-likeness (QED) is 0.616. The molecule has 0 spiro atoms. The second-order valence-electron chi connectivity index (χ2n) is 6.70. The van der Waals surface area contributed by atoms with E-state index in [0.717, 1.165) is 48.7 Å². The van der Waals surface area contributed by atoms with E-state index in [9.17, 15) is 0 Å². The molecule has 0 amide bonds. The van der Waals surface area contributed by atoms with E-state index in [2.05, 4.69) is 56.5 Å². The highest BCUT2D eigenvalue weighted by Gasteiger charge is 2.23. The van der Waals surface area contributed by atoms with E-state index in [-0.39, 0.29) is 0 Å². The summed E-state index contributed by atoms with van der Waals surface area (Å²) in [7, 11) is 0. The second kappa shape index (κ2) is 6.35. The maximum atomic E-state index is 4.79. The molecule has 128 valence electrons. The number of nitrogens with zero attached hydrogens (tertiary/aromatic N) is 4. The summed E-state index contributed by atoms with van der Waals surface area (Å²) >= 11 is 0. The lowest BCUT2D eigenvalue weighted by atomic mass is 10.1. The van der Waals surface area contributed by atoms with Crippen molar-refractivity contribution in [1.29, 1.82) is 0 Å². The molecule has 0 aliphatic carbocycles. The molecule has 4 aromatic rings. The Bertz CT molecular complexity index is 1060. The van der Waals surface area contributed by atoms with Crippen LogP contribution in [0.15, 0.2) is 60.9 Å². The number of rotatable bonds is 4. The summed E-state index contributed by atoms with van der Waals surface area (Å²) < 4.78 is 0. The van der Waals surface area contributed by atoms with Gasteiger partial charge in [0.05, 0.1) is 16.9 Å². The molecular formula is C21H19N5. The number of para-hydroxylation sites is 1. The third kappa shape index (κ3) is 2.76. The topological polar surface area (TPSA) is 57.7 Å². The molecule has 5 nitrogen and oxygen atoms in total. The zero-order chi connectivity index (χ0) is 17.3. The van der Waals surface area contributed by atoms with Crippen LogP contribution in [0.3, 0.4) is 0 Å². The van der Waals surface area contributed by atoms with Crippen molar-refractivity contribution < 1.29 is 0 Å². The van der Waals surface area contributed by atoms with Crippen molar-refractivity contribution in [2.45, 2.75) is 19.5 Å². The van der Waals surface area contributed by atoms with E-state index >= 15 is 0 Å². The van der Waals surface area contributed by atoms with Gasteiger partial charge in [0.2, 0.25) is 0 Å². The van der Waals surface area contributed by atoms with Gasteiger partial charge in [0.25, 0.3) is 0 Å². The molecule has 26 heavy (non-hydrogen) atoms. The third-order valence-corrected chi connectivity index (χ3v) is 5.02. The van der Waals surface area contributed by atoms with Crippen LogP contribution in [0.4, 0.5) is 0 Å². The number of pyridine rings is 2. The Morgan fingerprint density at radius 2 is 1.96 bits per heavy atom. The van der Waals surface area contributed by atoms with Gasteiger partial charge in [0.1, 0.15) is 0 Å². The number of hydrogen-bond acceptors (Lipinski definition) is 4. The summed E-state index contributed by atoms with van der Waals surface area (Å²) in [6.07, 6.45) is 4.69. The van der Waals surface area contributed by atoms with Crippen LogP contribution in [0.25, 0.3) is 22.2 Å². The minimum atomic E-state index is 0.890. The van der Waals surface area contributed by atoms with E-state index in [1.54, 1.807) is 0 Å². The van der Waals surface area contributed by atoms with Gasteiger partial charge in [0.15, 0.2) is 0 Å². The van der Waals surface area contributed by atoms with E-state index in [4.69, 9.17) is 4.98 Å². The highest BCUT2D eigenvalue weighted by Crippen LogP contribution is 2.30. The molecular weight excluding hydrogens is 322 g/mol. The summed E-state index contributed by atoms with van der Waals surface area (Å²) in [5.74, 6) is 0. The lowest BCUT2D eigenvalue weighted by Crippen LogP contribution is -2.20. The second-order valence-corrected chi connectivity index (χ2v) is 6.70. The van der Waals surface area contributed by atoms with Crippen LogP contribution in [-0.4, -0.2) is 31.6 Å². The van der Waals surface area contributed by atoms with E-state index in [1.165, 1.54) is 16.5 Å². The third-order valence-electron chi connectivity index (χ3n) is 5.02. The van der Waals surface area contributed by atoms with E-state index in [1.807, 2.05) is 24.5 Å². The first kappa shape index (κ1) is 15.2.